The van der Waals surface area contributed by atoms with E-state index in [9.17, 15) is 26.3 Å². The monoisotopic (exact) mass is 388 g/mol. The fraction of sp³-hybridized carbons (Fsp3) is 0.500. The molecule has 24 heavy (non-hydrogen) atoms. The molecule has 1 aliphatic rings. The molecule has 12 heteroatoms. The molecule has 3 heterocycles. The number of nitrogens with zero attached hydrogens (tertiary/aromatic N) is 4. The van der Waals surface area contributed by atoms with Crippen LogP contribution in [0, 0.1) is 0 Å². The summed E-state index contributed by atoms with van der Waals surface area (Å²) in [7, 11) is 2.78. The molecule has 4 nitrogen and oxygen atoms in total. The van der Waals surface area contributed by atoms with Crippen molar-refractivity contribution in [1.82, 2.24) is 19.6 Å². The third-order valence-corrected chi connectivity index (χ3v) is 5.80. The van der Waals surface area contributed by atoms with E-state index >= 15 is 0 Å². The van der Waals surface area contributed by atoms with Crippen molar-refractivity contribution in [2.75, 3.05) is 0 Å². The molecule has 0 unspecified atom stereocenters. The maximum absolute atomic E-state index is 13.1. The number of aryl methyl sites for hydroxylation is 2. The molecule has 0 aromatic carbocycles. The summed E-state index contributed by atoms with van der Waals surface area (Å²) >= 11 is 1.74. The highest BCUT2D eigenvalue weighted by Crippen LogP contribution is 2.46. The zero-order valence-electron chi connectivity index (χ0n) is 12.3. The number of fused-ring (bicyclic) bond motifs is 2. The molecule has 0 fully saturated rings. The van der Waals surface area contributed by atoms with Gasteiger partial charge in [-0.05, 0) is 0 Å². The Morgan fingerprint density at radius 3 is 2.00 bits per heavy atom. The average molecular weight is 388 g/mol. The molecular weight excluding hydrogens is 378 g/mol. The normalized spacial score (nSPS) is 15.7. The molecule has 1 aliphatic heterocycles. The van der Waals surface area contributed by atoms with Gasteiger partial charge >= 0.3 is 12.4 Å². The molecule has 0 aliphatic carbocycles. The number of thioether (sulfide) groups is 2. The summed E-state index contributed by atoms with van der Waals surface area (Å²) in [6.07, 6.45) is -9.32. The van der Waals surface area contributed by atoms with E-state index in [0.29, 0.717) is 22.5 Å². The first-order chi connectivity index (χ1) is 11.0. The fourth-order valence-corrected chi connectivity index (χ4v) is 4.99. The summed E-state index contributed by atoms with van der Waals surface area (Å²) in [5.41, 5.74) is -1.88. The SMILES string of the molecule is Cn1nc(C(F)(F)F)c2c1CSc1c(c(C(F)(F)F)nn1C)CS2. The molecular formula is C12H10F6N4S2. The number of halogens is 6. The minimum Gasteiger partial charge on any atom is -0.270 e. The third-order valence-electron chi connectivity index (χ3n) is 3.45. The van der Waals surface area contributed by atoms with E-state index in [4.69, 9.17) is 0 Å². The Bertz CT molecular complexity index is 723. The third kappa shape index (κ3) is 2.89. The lowest BCUT2D eigenvalue weighted by atomic mass is 10.3. The summed E-state index contributed by atoms with van der Waals surface area (Å²) < 4.78 is 80.9. The van der Waals surface area contributed by atoms with Crippen molar-refractivity contribution < 1.29 is 26.3 Å². The van der Waals surface area contributed by atoms with E-state index in [1.165, 1.54) is 14.1 Å². The highest BCUT2D eigenvalue weighted by molar-refractivity contribution is 8.00. The Balaban J connectivity index is 2.07. The topological polar surface area (TPSA) is 35.6 Å². The predicted molar refractivity (Wildman–Crippen MR) is 75.5 cm³/mol. The number of alkyl halides is 6. The van der Waals surface area contributed by atoms with Gasteiger partial charge in [-0.15, -0.1) is 23.5 Å². The van der Waals surface area contributed by atoms with Gasteiger partial charge in [0.1, 0.15) is 0 Å². The van der Waals surface area contributed by atoms with Gasteiger partial charge in [-0.2, -0.15) is 36.5 Å². The van der Waals surface area contributed by atoms with Crippen LogP contribution in [0.5, 0.6) is 0 Å². The second kappa shape index (κ2) is 5.61. The highest BCUT2D eigenvalue weighted by Gasteiger charge is 2.42. The Kier molecular flexibility index (Phi) is 4.10. The summed E-state index contributed by atoms with van der Waals surface area (Å²) in [6, 6.07) is 0. The first-order valence-corrected chi connectivity index (χ1v) is 8.49. The molecule has 3 rings (SSSR count). The van der Waals surface area contributed by atoms with E-state index in [0.717, 1.165) is 21.1 Å². The Hall–Kier alpha value is -1.30. The zero-order chi connectivity index (χ0) is 17.9. The van der Waals surface area contributed by atoms with Crippen LogP contribution in [-0.4, -0.2) is 19.6 Å². The minimum atomic E-state index is -4.66. The smallest absolute Gasteiger partial charge is 0.270 e. The molecule has 2 aromatic heterocycles. The van der Waals surface area contributed by atoms with Crippen LogP contribution in [0.25, 0.3) is 0 Å². The first-order valence-electron chi connectivity index (χ1n) is 6.52. The summed E-state index contributed by atoms with van der Waals surface area (Å²) in [5.74, 6) is -0.182. The van der Waals surface area contributed by atoms with Gasteiger partial charge in [0.25, 0.3) is 0 Å². The Morgan fingerprint density at radius 2 is 1.42 bits per heavy atom. The number of hydrogen-bond donors (Lipinski definition) is 0. The van der Waals surface area contributed by atoms with Gasteiger partial charge in [-0.3, -0.25) is 9.36 Å². The van der Waals surface area contributed by atoms with Crippen molar-refractivity contribution in [3.05, 3.63) is 22.6 Å². The molecule has 0 N–H and O–H groups in total. The fourth-order valence-electron chi connectivity index (χ4n) is 2.41. The summed E-state index contributed by atoms with van der Waals surface area (Å²) in [5, 5.41) is 7.30. The van der Waals surface area contributed by atoms with E-state index in [1.54, 1.807) is 0 Å². The highest BCUT2D eigenvalue weighted by atomic mass is 32.2. The van der Waals surface area contributed by atoms with E-state index in [-0.39, 0.29) is 22.0 Å². The van der Waals surface area contributed by atoms with Crippen LogP contribution in [-0.2, 0) is 38.0 Å². The molecule has 0 bridgehead atoms. The quantitative estimate of drug-likeness (QED) is 0.637. The van der Waals surface area contributed by atoms with Crippen molar-refractivity contribution in [3.63, 3.8) is 0 Å². The zero-order valence-corrected chi connectivity index (χ0v) is 13.9. The minimum absolute atomic E-state index is 0.0751. The second-order valence-corrected chi connectivity index (χ2v) is 7.03. The van der Waals surface area contributed by atoms with Crippen LogP contribution in [0.1, 0.15) is 22.6 Å². The van der Waals surface area contributed by atoms with Crippen molar-refractivity contribution >= 4 is 23.5 Å². The molecule has 0 spiro atoms. The lowest BCUT2D eigenvalue weighted by molar-refractivity contribution is -0.144. The second-order valence-electron chi connectivity index (χ2n) is 5.08. The van der Waals surface area contributed by atoms with Crippen LogP contribution in [0.2, 0.25) is 0 Å². The van der Waals surface area contributed by atoms with Gasteiger partial charge in [0.15, 0.2) is 11.4 Å². The summed E-state index contributed by atoms with van der Waals surface area (Å²) in [4.78, 5) is -0.125. The molecule has 2 aromatic rings. The molecule has 0 atom stereocenters. The molecule has 132 valence electrons. The van der Waals surface area contributed by atoms with Crippen LogP contribution >= 0.6 is 23.5 Å². The number of aromatic nitrogens is 4. The van der Waals surface area contributed by atoms with Gasteiger partial charge in [0.2, 0.25) is 0 Å². The maximum atomic E-state index is 13.1. The Morgan fingerprint density at radius 1 is 0.833 bits per heavy atom. The van der Waals surface area contributed by atoms with Crippen molar-refractivity contribution in [2.45, 2.75) is 33.8 Å². The van der Waals surface area contributed by atoms with Crippen LogP contribution in [0.3, 0.4) is 0 Å². The van der Waals surface area contributed by atoms with Crippen LogP contribution in [0.15, 0.2) is 9.92 Å². The lowest BCUT2D eigenvalue weighted by Gasteiger charge is -2.14. The van der Waals surface area contributed by atoms with Gasteiger partial charge in [0.05, 0.1) is 15.6 Å². The lowest BCUT2D eigenvalue weighted by Crippen LogP contribution is -2.10. The molecule has 0 amide bonds. The molecule has 0 saturated carbocycles. The van der Waals surface area contributed by atoms with Crippen LogP contribution < -0.4 is 0 Å². The standard InChI is InChI=1S/C12H10F6N4S2/c1-21-6-4-24-10-5(8(11(13,14)15)19-22(10)2)3-23-7(6)9(20-21)12(16,17)18/h3-4H2,1-2H3. The van der Waals surface area contributed by atoms with Crippen LogP contribution in [0.4, 0.5) is 26.3 Å². The first kappa shape index (κ1) is 17.5. The van der Waals surface area contributed by atoms with Gasteiger partial charge < -0.3 is 0 Å². The number of hydrogen-bond acceptors (Lipinski definition) is 4. The van der Waals surface area contributed by atoms with E-state index in [2.05, 4.69) is 10.2 Å². The molecule has 0 radical (unpaired) electrons. The molecule has 0 saturated heterocycles. The number of rotatable bonds is 0. The van der Waals surface area contributed by atoms with Gasteiger partial charge in [-0.1, -0.05) is 0 Å². The van der Waals surface area contributed by atoms with Crippen molar-refractivity contribution in [1.29, 1.82) is 0 Å². The maximum Gasteiger partial charge on any atom is 0.436 e. The van der Waals surface area contributed by atoms with Crippen molar-refractivity contribution in [2.24, 2.45) is 14.1 Å². The summed E-state index contributed by atoms with van der Waals surface area (Å²) in [6.45, 7) is 0. The largest absolute Gasteiger partial charge is 0.436 e. The average Bonchev–Trinajstić information content (AvgIpc) is 2.87. The van der Waals surface area contributed by atoms with Gasteiger partial charge in [-0.25, -0.2) is 0 Å². The van der Waals surface area contributed by atoms with Crippen molar-refractivity contribution in [3.8, 4) is 0 Å². The Labute approximate surface area is 140 Å². The predicted octanol–water partition coefficient (Wildman–Crippen LogP) is 4.09. The van der Waals surface area contributed by atoms with E-state index < -0.39 is 23.7 Å². The van der Waals surface area contributed by atoms with E-state index in [1.807, 2.05) is 0 Å². The van der Waals surface area contributed by atoms with Gasteiger partial charge in [0, 0.05) is 31.2 Å².